The molecule has 0 atom stereocenters. The zero-order valence-electron chi connectivity index (χ0n) is 5.18. The third kappa shape index (κ3) is 12.1. The van der Waals surface area contributed by atoms with Gasteiger partial charge >= 0.3 is 64.2 Å². The van der Waals surface area contributed by atoms with Gasteiger partial charge in [0, 0.05) is 0 Å². The van der Waals surface area contributed by atoms with E-state index in [4.69, 9.17) is 0 Å². The van der Waals surface area contributed by atoms with E-state index in [9.17, 15) is 10.1 Å². The predicted octanol–water partition coefficient (Wildman–Crippen LogP) is -1.99. The fourth-order valence-corrected chi connectivity index (χ4v) is 1.43. The summed E-state index contributed by atoms with van der Waals surface area (Å²) in [6.07, 6.45) is 1.82. The van der Waals surface area contributed by atoms with E-state index in [2.05, 4.69) is 0 Å². The van der Waals surface area contributed by atoms with Crippen molar-refractivity contribution in [3.05, 3.63) is 10.1 Å². The van der Waals surface area contributed by atoms with Crippen LogP contribution in [0, 0.1) is 10.1 Å². The van der Waals surface area contributed by atoms with E-state index in [0.717, 1.165) is 38.6 Å². The van der Waals surface area contributed by atoms with Gasteiger partial charge in [-0.05, 0) is 0 Å². The molecular formula is C4H8BrCdNO2. The van der Waals surface area contributed by atoms with Gasteiger partial charge in [-0.15, -0.1) is 0 Å². The summed E-state index contributed by atoms with van der Waals surface area (Å²) >= 11 is 0.986. The van der Waals surface area contributed by atoms with Gasteiger partial charge in [-0.2, -0.15) is 0 Å². The summed E-state index contributed by atoms with van der Waals surface area (Å²) < 4.78 is 1.22. The molecule has 0 N–H and O–H groups in total. The van der Waals surface area contributed by atoms with E-state index in [-0.39, 0.29) is 28.4 Å². The van der Waals surface area contributed by atoms with E-state index in [1.165, 1.54) is 3.98 Å². The summed E-state index contributed by atoms with van der Waals surface area (Å²) in [6.45, 7) is 0.160. The van der Waals surface area contributed by atoms with Crippen LogP contribution in [-0.2, 0) is 25.8 Å². The van der Waals surface area contributed by atoms with Crippen molar-refractivity contribution < 1.29 is 47.7 Å². The van der Waals surface area contributed by atoms with Gasteiger partial charge in [-0.25, -0.2) is 0 Å². The molecule has 0 fully saturated rings. The Bertz CT molecular complexity index is 81.0. The largest absolute Gasteiger partial charge is 1.00 e. The second-order valence-electron chi connectivity index (χ2n) is 1.62. The van der Waals surface area contributed by atoms with Crippen molar-refractivity contribution in [2.24, 2.45) is 0 Å². The minimum absolute atomic E-state index is 0. The molecule has 50 valence electrons. The average Bonchev–Trinajstić information content (AvgIpc) is 1.66. The van der Waals surface area contributed by atoms with Crippen LogP contribution in [0.25, 0.3) is 0 Å². The quantitative estimate of drug-likeness (QED) is 0.261. The Morgan fingerprint density at radius 2 is 2.00 bits per heavy atom. The van der Waals surface area contributed by atoms with Crippen LogP contribution >= 0.6 is 0 Å². The fraction of sp³-hybridized carbons (Fsp3) is 1.00. The monoisotopic (exact) mass is 295 g/mol. The molecule has 9 heavy (non-hydrogen) atoms. The van der Waals surface area contributed by atoms with Gasteiger partial charge in [0.25, 0.3) is 0 Å². The number of nitro groups is 1. The first-order valence-corrected chi connectivity index (χ1v) is 5.54. The molecule has 0 aromatic rings. The maximum atomic E-state index is 9.69. The molecule has 0 amide bonds. The number of hydrogen-bond acceptors (Lipinski definition) is 2. The number of nitrogens with zero attached hydrogens (tertiary/aromatic N) is 1. The predicted molar refractivity (Wildman–Crippen MR) is 25.9 cm³/mol. The molecule has 0 saturated carbocycles. The van der Waals surface area contributed by atoms with E-state index >= 15 is 0 Å². The van der Waals surface area contributed by atoms with Crippen molar-refractivity contribution >= 4 is 0 Å². The summed E-state index contributed by atoms with van der Waals surface area (Å²) in [5.41, 5.74) is 0. The summed E-state index contributed by atoms with van der Waals surface area (Å²) in [4.78, 5) is 9.44. The van der Waals surface area contributed by atoms with Crippen LogP contribution < -0.4 is 17.0 Å². The van der Waals surface area contributed by atoms with Crippen molar-refractivity contribution in [3.8, 4) is 0 Å². The first kappa shape index (κ1) is 12.5. The van der Waals surface area contributed by atoms with Crippen LogP contribution in [0.3, 0.4) is 0 Å². The number of halogens is 1. The van der Waals surface area contributed by atoms with Crippen LogP contribution in [0.5, 0.6) is 0 Å². The standard InChI is InChI=1S/C4H8NO2.BrH.Cd/c1-2-3-4-5(6)7;;/h1-4H2;1H;/q;;+1/p-1. The van der Waals surface area contributed by atoms with Gasteiger partial charge in [-0.1, -0.05) is 0 Å². The Morgan fingerprint density at radius 3 is 2.33 bits per heavy atom. The van der Waals surface area contributed by atoms with Gasteiger partial charge in [0.2, 0.25) is 0 Å². The fourth-order valence-electron chi connectivity index (χ4n) is 0.418. The Morgan fingerprint density at radius 1 is 1.44 bits per heavy atom. The smallest absolute Gasteiger partial charge is 1.00 e. The third-order valence-corrected chi connectivity index (χ3v) is 2.27. The molecule has 0 aromatic carbocycles. The van der Waals surface area contributed by atoms with E-state index < -0.39 is 0 Å². The molecular weight excluding hydrogens is 286 g/mol. The van der Waals surface area contributed by atoms with Crippen molar-refractivity contribution in [2.45, 2.75) is 16.8 Å². The summed E-state index contributed by atoms with van der Waals surface area (Å²) in [7, 11) is 0. The minimum Gasteiger partial charge on any atom is -1.00 e. The maximum absolute atomic E-state index is 9.69. The molecule has 5 heteroatoms. The minimum atomic E-state index is -0.249. The molecule has 0 aliphatic carbocycles. The van der Waals surface area contributed by atoms with Gasteiger partial charge in [0.1, 0.15) is 0 Å². The van der Waals surface area contributed by atoms with Crippen LogP contribution in [0.1, 0.15) is 12.8 Å². The molecule has 0 aliphatic heterocycles. The number of unbranched alkanes of at least 4 members (excludes halogenated alkanes) is 1. The Balaban J connectivity index is 0. The van der Waals surface area contributed by atoms with Crippen LogP contribution in [0.15, 0.2) is 0 Å². The first-order chi connectivity index (χ1) is 3.77. The van der Waals surface area contributed by atoms with Crippen LogP contribution in [0.4, 0.5) is 0 Å². The third-order valence-electron chi connectivity index (χ3n) is 0.841. The van der Waals surface area contributed by atoms with Gasteiger partial charge in [-0.3, -0.25) is 0 Å². The average molecular weight is 294 g/mol. The molecule has 0 radical (unpaired) electrons. The Hall–Kier alpha value is 0.802. The van der Waals surface area contributed by atoms with Crippen molar-refractivity contribution in [3.63, 3.8) is 0 Å². The normalized spacial score (nSPS) is 8.22. The van der Waals surface area contributed by atoms with E-state index in [1.54, 1.807) is 0 Å². The second kappa shape index (κ2) is 8.80. The molecule has 0 heterocycles. The van der Waals surface area contributed by atoms with E-state index in [0.29, 0.717) is 0 Å². The van der Waals surface area contributed by atoms with Crippen LogP contribution in [-0.4, -0.2) is 11.5 Å². The molecule has 0 saturated heterocycles. The molecule has 0 aliphatic rings. The van der Waals surface area contributed by atoms with E-state index in [1.807, 2.05) is 0 Å². The van der Waals surface area contributed by atoms with Gasteiger partial charge < -0.3 is 17.0 Å². The summed E-state index contributed by atoms with van der Waals surface area (Å²) in [6, 6.07) is 0. The summed E-state index contributed by atoms with van der Waals surface area (Å²) in [5.74, 6) is 0. The molecule has 0 rings (SSSR count). The SMILES string of the molecule is O=[N+]([O-])CCC[CH2][Cd+].[Br-]. The Kier molecular flexibility index (Phi) is 12.2. The zero-order chi connectivity index (χ0) is 6.41. The number of hydrogen-bond donors (Lipinski definition) is 0. The first-order valence-electron chi connectivity index (χ1n) is 2.68. The molecule has 0 unspecified atom stereocenters. The summed E-state index contributed by atoms with van der Waals surface area (Å²) in [5, 5.41) is 9.69. The van der Waals surface area contributed by atoms with Crippen molar-refractivity contribution in [1.29, 1.82) is 0 Å². The van der Waals surface area contributed by atoms with Gasteiger partial charge in [0.05, 0.1) is 0 Å². The Labute approximate surface area is 80.8 Å². The number of rotatable bonds is 4. The second-order valence-corrected chi connectivity index (χ2v) is 3.64. The van der Waals surface area contributed by atoms with Crippen molar-refractivity contribution in [2.75, 3.05) is 6.54 Å². The van der Waals surface area contributed by atoms with Crippen LogP contribution in [0.2, 0.25) is 3.98 Å². The van der Waals surface area contributed by atoms with Crippen molar-refractivity contribution in [1.82, 2.24) is 0 Å². The zero-order valence-corrected chi connectivity index (χ0v) is 10.8. The van der Waals surface area contributed by atoms with Gasteiger partial charge in [0.15, 0.2) is 0 Å². The maximum Gasteiger partial charge on any atom is -1.00 e. The molecule has 3 nitrogen and oxygen atoms in total. The molecule has 0 aromatic heterocycles. The molecule has 0 bridgehead atoms. The topological polar surface area (TPSA) is 43.1 Å². The molecule has 0 spiro atoms.